The number of carbonyl (C=O) groups is 1. The number of aryl methyl sites for hydroxylation is 1. The number of amides is 1. The van der Waals surface area contributed by atoms with Crippen LogP contribution >= 0.6 is 11.3 Å². The van der Waals surface area contributed by atoms with Crippen LogP contribution in [0.2, 0.25) is 0 Å². The molecule has 0 radical (unpaired) electrons. The quantitative estimate of drug-likeness (QED) is 0.941. The molecule has 0 fully saturated rings. The van der Waals surface area contributed by atoms with Gasteiger partial charge >= 0.3 is 0 Å². The minimum absolute atomic E-state index is 0.00458. The summed E-state index contributed by atoms with van der Waals surface area (Å²) in [6.45, 7) is 3.58. The number of hydrogen-bond acceptors (Lipinski definition) is 4. The van der Waals surface area contributed by atoms with E-state index in [0.717, 1.165) is 22.2 Å². The largest absolute Gasteiger partial charge is 0.397 e. The van der Waals surface area contributed by atoms with E-state index in [-0.39, 0.29) is 5.91 Å². The van der Waals surface area contributed by atoms with Gasteiger partial charge < -0.3 is 15.5 Å². The number of nitrogens with zero attached hydrogens (tertiary/aromatic N) is 2. The van der Waals surface area contributed by atoms with Crippen molar-refractivity contribution in [3.05, 3.63) is 28.6 Å². The van der Waals surface area contributed by atoms with Crippen LogP contribution in [0.3, 0.4) is 0 Å². The summed E-state index contributed by atoms with van der Waals surface area (Å²) in [6, 6.07) is 6.00. The number of likely N-dealkylation sites (N-methyl/N-ethyl adjacent to an activating group) is 2. The van der Waals surface area contributed by atoms with Crippen LogP contribution in [0.15, 0.2) is 18.2 Å². The Bertz CT molecular complexity index is 633. The van der Waals surface area contributed by atoms with E-state index in [1.165, 1.54) is 11.3 Å². The highest BCUT2D eigenvalue weighted by atomic mass is 32.1. The van der Waals surface area contributed by atoms with Crippen LogP contribution in [-0.4, -0.2) is 49.9 Å². The summed E-state index contributed by atoms with van der Waals surface area (Å²) in [7, 11) is 5.81. The highest BCUT2D eigenvalue weighted by Crippen LogP contribution is 2.36. The maximum Gasteiger partial charge on any atom is 0.265 e. The van der Waals surface area contributed by atoms with Gasteiger partial charge in [-0.3, -0.25) is 4.79 Å². The second-order valence-corrected chi connectivity index (χ2v) is 6.35. The topological polar surface area (TPSA) is 49.6 Å². The highest BCUT2D eigenvalue weighted by molar-refractivity contribution is 7.21. The van der Waals surface area contributed by atoms with Crippen LogP contribution in [0, 0.1) is 6.92 Å². The molecule has 0 saturated carbocycles. The summed E-state index contributed by atoms with van der Waals surface area (Å²) in [4.78, 5) is 16.9. The molecule has 20 heavy (non-hydrogen) atoms. The summed E-state index contributed by atoms with van der Waals surface area (Å²) < 4.78 is 1.11. The summed E-state index contributed by atoms with van der Waals surface area (Å²) in [6.07, 6.45) is 0. The third-order valence-corrected chi connectivity index (χ3v) is 4.72. The third-order valence-electron chi connectivity index (χ3n) is 3.37. The summed E-state index contributed by atoms with van der Waals surface area (Å²) in [5, 5.41) is 0.986. The van der Waals surface area contributed by atoms with Gasteiger partial charge in [0.05, 0.1) is 5.69 Å². The molecule has 0 aliphatic rings. The van der Waals surface area contributed by atoms with Crippen molar-refractivity contribution in [2.75, 3.05) is 40.0 Å². The number of benzene rings is 1. The molecule has 0 bridgehead atoms. The minimum Gasteiger partial charge on any atom is -0.397 e. The van der Waals surface area contributed by atoms with E-state index in [9.17, 15) is 4.79 Å². The molecule has 1 heterocycles. The van der Waals surface area contributed by atoms with Crippen molar-refractivity contribution in [2.45, 2.75) is 6.92 Å². The molecule has 4 nitrogen and oxygen atoms in total. The number of thiophene rings is 1. The number of hydrogen-bond donors (Lipinski definition) is 1. The van der Waals surface area contributed by atoms with Crippen molar-refractivity contribution < 1.29 is 4.79 Å². The summed E-state index contributed by atoms with van der Waals surface area (Å²) >= 11 is 1.49. The van der Waals surface area contributed by atoms with Crippen LogP contribution in [0.5, 0.6) is 0 Å². The van der Waals surface area contributed by atoms with Crippen molar-refractivity contribution in [1.82, 2.24) is 9.80 Å². The Kier molecular flexibility index (Phi) is 4.30. The Morgan fingerprint density at radius 3 is 2.55 bits per heavy atom. The second-order valence-electron chi connectivity index (χ2n) is 5.33. The van der Waals surface area contributed by atoms with Gasteiger partial charge in [-0.2, -0.15) is 0 Å². The highest BCUT2D eigenvalue weighted by Gasteiger charge is 2.20. The van der Waals surface area contributed by atoms with Crippen LogP contribution in [0.1, 0.15) is 15.2 Å². The van der Waals surface area contributed by atoms with Crippen molar-refractivity contribution in [3.8, 4) is 0 Å². The molecule has 2 rings (SSSR count). The molecule has 1 aromatic carbocycles. The lowest BCUT2D eigenvalue weighted by molar-refractivity contribution is 0.0792. The van der Waals surface area contributed by atoms with E-state index in [1.54, 1.807) is 4.90 Å². The molecule has 1 aromatic heterocycles. The number of nitrogens with two attached hydrogens (primary N) is 1. The SMILES string of the molecule is Cc1cccc2c(N)c(C(=O)N(C)CCN(C)C)sc12. The number of nitrogen functional groups attached to an aromatic ring is 1. The first-order valence-electron chi connectivity index (χ1n) is 6.59. The van der Waals surface area contributed by atoms with Crippen molar-refractivity contribution in [1.29, 1.82) is 0 Å². The normalized spacial score (nSPS) is 11.2. The smallest absolute Gasteiger partial charge is 0.265 e. The molecule has 0 spiro atoms. The molecule has 0 aliphatic carbocycles. The third kappa shape index (κ3) is 2.78. The van der Waals surface area contributed by atoms with Crippen LogP contribution in [0.25, 0.3) is 10.1 Å². The lowest BCUT2D eigenvalue weighted by atomic mass is 10.1. The second kappa shape index (κ2) is 5.81. The molecule has 2 N–H and O–H groups in total. The fraction of sp³-hybridized carbons (Fsp3) is 0.400. The number of anilines is 1. The number of rotatable bonds is 4. The molecule has 5 heteroatoms. The lowest BCUT2D eigenvalue weighted by Crippen LogP contribution is -2.33. The van der Waals surface area contributed by atoms with E-state index in [0.29, 0.717) is 17.1 Å². The Labute approximate surface area is 123 Å². The Balaban J connectivity index is 2.31. The number of carbonyl (C=O) groups excluding carboxylic acids is 1. The van der Waals surface area contributed by atoms with Gasteiger partial charge in [0.1, 0.15) is 4.88 Å². The van der Waals surface area contributed by atoms with E-state index in [1.807, 2.05) is 46.3 Å². The first kappa shape index (κ1) is 14.8. The predicted octanol–water partition coefficient (Wildman–Crippen LogP) is 2.43. The summed E-state index contributed by atoms with van der Waals surface area (Å²) in [5.41, 5.74) is 7.92. The molecule has 2 aromatic rings. The Hall–Kier alpha value is -1.59. The molecule has 0 unspecified atom stereocenters. The lowest BCUT2D eigenvalue weighted by Gasteiger charge is -2.19. The first-order chi connectivity index (χ1) is 9.41. The number of fused-ring (bicyclic) bond motifs is 1. The van der Waals surface area contributed by atoms with Crippen LogP contribution in [0.4, 0.5) is 5.69 Å². The van der Waals surface area contributed by atoms with E-state index >= 15 is 0 Å². The van der Waals surface area contributed by atoms with Crippen molar-refractivity contribution in [3.63, 3.8) is 0 Å². The molecular weight excluding hydrogens is 270 g/mol. The zero-order valence-electron chi connectivity index (χ0n) is 12.4. The standard InChI is InChI=1S/C15H21N3OS/c1-10-6-5-7-11-12(16)14(20-13(10)11)15(19)18(4)9-8-17(2)3/h5-7H,8-9,16H2,1-4H3. The van der Waals surface area contributed by atoms with Gasteiger partial charge in [-0.1, -0.05) is 18.2 Å². The molecule has 108 valence electrons. The van der Waals surface area contributed by atoms with E-state index < -0.39 is 0 Å². The van der Waals surface area contributed by atoms with Crippen LogP contribution in [-0.2, 0) is 0 Å². The minimum atomic E-state index is 0.00458. The fourth-order valence-corrected chi connectivity index (χ4v) is 3.25. The van der Waals surface area contributed by atoms with E-state index in [2.05, 4.69) is 4.90 Å². The Morgan fingerprint density at radius 1 is 1.25 bits per heavy atom. The first-order valence-corrected chi connectivity index (χ1v) is 7.41. The maximum atomic E-state index is 12.5. The monoisotopic (exact) mass is 291 g/mol. The van der Waals surface area contributed by atoms with Gasteiger partial charge in [0.2, 0.25) is 0 Å². The fourth-order valence-electron chi connectivity index (χ4n) is 2.06. The van der Waals surface area contributed by atoms with Gasteiger partial charge in [-0.15, -0.1) is 11.3 Å². The van der Waals surface area contributed by atoms with Gasteiger partial charge in [0.25, 0.3) is 5.91 Å². The molecule has 0 saturated heterocycles. The van der Waals surface area contributed by atoms with Gasteiger partial charge in [-0.05, 0) is 26.6 Å². The van der Waals surface area contributed by atoms with Gasteiger partial charge in [0.15, 0.2) is 0 Å². The zero-order valence-corrected chi connectivity index (χ0v) is 13.3. The van der Waals surface area contributed by atoms with E-state index in [4.69, 9.17) is 5.73 Å². The average Bonchev–Trinajstić information content (AvgIpc) is 2.74. The molecule has 0 aliphatic heterocycles. The van der Waals surface area contributed by atoms with Gasteiger partial charge in [-0.25, -0.2) is 0 Å². The zero-order chi connectivity index (χ0) is 14.9. The average molecular weight is 291 g/mol. The maximum absolute atomic E-state index is 12.5. The van der Waals surface area contributed by atoms with Crippen LogP contribution < -0.4 is 5.73 Å². The predicted molar refractivity (Wildman–Crippen MR) is 86.5 cm³/mol. The Morgan fingerprint density at radius 2 is 1.95 bits per heavy atom. The summed E-state index contributed by atoms with van der Waals surface area (Å²) in [5.74, 6) is 0.00458. The molecular formula is C15H21N3OS. The van der Waals surface area contributed by atoms with Gasteiger partial charge in [0, 0.05) is 30.2 Å². The van der Waals surface area contributed by atoms with Crippen molar-refractivity contribution >= 4 is 33.0 Å². The molecule has 0 atom stereocenters. The van der Waals surface area contributed by atoms with Crippen molar-refractivity contribution in [2.24, 2.45) is 0 Å². The molecule has 1 amide bonds.